The van der Waals surface area contributed by atoms with Crippen molar-refractivity contribution in [1.82, 2.24) is 10.3 Å². The van der Waals surface area contributed by atoms with Gasteiger partial charge in [-0.05, 0) is 65.8 Å². The molecule has 0 amide bonds. The maximum atomic E-state index is 9.23. The van der Waals surface area contributed by atoms with Crippen molar-refractivity contribution in [3.05, 3.63) is 87.8 Å². The lowest BCUT2D eigenvalue weighted by molar-refractivity contribution is 0.412. The molecule has 1 aromatic carbocycles. The van der Waals surface area contributed by atoms with Crippen LogP contribution in [-0.2, 0) is 6.42 Å². The van der Waals surface area contributed by atoms with Crippen molar-refractivity contribution in [3.8, 4) is 11.8 Å². The highest BCUT2D eigenvalue weighted by atomic mass is 16.5. The van der Waals surface area contributed by atoms with Crippen molar-refractivity contribution in [2.75, 3.05) is 20.2 Å². The van der Waals surface area contributed by atoms with Gasteiger partial charge in [0.2, 0.25) is 0 Å². The van der Waals surface area contributed by atoms with Gasteiger partial charge in [0.25, 0.3) is 0 Å². The van der Waals surface area contributed by atoms with E-state index in [9.17, 15) is 5.26 Å². The molecular formula is C26H24N4O. The quantitative estimate of drug-likeness (QED) is 0.781. The Morgan fingerprint density at radius 1 is 1.23 bits per heavy atom. The first kappa shape index (κ1) is 19.2. The zero-order valence-electron chi connectivity index (χ0n) is 17.7. The molecule has 31 heavy (non-hydrogen) atoms. The van der Waals surface area contributed by atoms with E-state index in [1.54, 1.807) is 7.11 Å². The van der Waals surface area contributed by atoms with Gasteiger partial charge in [-0.3, -0.25) is 4.99 Å². The number of methoxy groups -OCH3 is 1. The number of H-pyrrole nitrogens is 1. The number of aliphatic imine (C=N–C) groups is 1. The fourth-order valence-corrected chi connectivity index (χ4v) is 4.52. The molecule has 0 unspecified atom stereocenters. The Morgan fingerprint density at radius 3 is 2.97 bits per heavy atom. The molecule has 5 heteroatoms. The first-order valence-corrected chi connectivity index (χ1v) is 10.5. The highest BCUT2D eigenvalue weighted by Crippen LogP contribution is 2.32. The third kappa shape index (κ3) is 3.40. The van der Waals surface area contributed by atoms with Crippen LogP contribution in [0.3, 0.4) is 0 Å². The lowest BCUT2D eigenvalue weighted by Crippen LogP contribution is -2.17. The van der Waals surface area contributed by atoms with Crippen LogP contribution in [0.5, 0.6) is 5.75 Å². The Labute approximate surface area is 181 Å². The summed E-state index contributed by atoms with van der Waals surface area (Å²) in [5.74, 6) is 0.893. The first-order chi connectivity index (χ1) is 15.2. The van der Waals surface area contributed by atoms with E-state index in [2.05, 4.69) is 59.9 Å². The smallest absolute Gasteiger partial charge is 0.123 e. The predicted octanol–water partition coefficient (Wildman–Crippen LogP) is 4.58. The number of ether oxygens (including phenoxy) is 1. The summed E-state index contributed by atoms with van der Waals surface area (Å²) in [6.45, 7) is 3.65. The van der Waals surface area contributed by atoms with Crippen molar-refractivity contribution < 1.29 is 4.74 Å². The molecule has 2 N–H and O–H groups in total. The Hall–Kier alpha value is -3.78. The fourth-order valence-electron chi connectivity index (χ4n) is 4.52. The van der Waals surface area contributed by atoms with E-state index in [-0.39, 0.29) is 0 Å². The minimum atomic E-state index is 0.711. The van der Waals surface area contributed by atoms with Crippen LogP contribution in [0, 0.1) is 18.3 Å². The molecule has 1 aromatic heterocycles. The van der Waals surface area contributed by atoms with E-state index in [1.165, 1.54) is 22.1 Å². The molecule has 5 rings (SSSR count). The number of aromatic nitrogens is 1. The summed E-state index contributed by atoms with van der Waals surface area (Å²) in [5.41, 5.74) is 9.93. The van der Waals surface area contributed by atoms with Gasteiger partial charge in [0.1, 0.15) is 5.75 Å². The molecule has 2 aliphatic heterocycles. The van der Waals surface area contributed by atoms with E-state index in [4.69, 9.17) is 9.73 Å². The number of fused-ring (bicyclic) bond motifs is 3. The molecular weight excluding hydrogens is 384 g/mol. The van der Waals surface area contributed by atoms with E-state index >= 15 is 0 Å². The summed E-state index contributed by atoms with van der Waals surface area (Å²) in [6, 6.07) is 6.53. The molecule has 0 atom stereocenters. The average molecular weight is 409 g/mol. The molecule has 1 aliphatic carbocycles. The standard InChI is InChI=1S/C26H24N4O/c1-16-11-22-21-9-10-29-23(26(21)30-24(22)12-25(16)31-2)8-6-19-15-28-14-18-5-3-17(13-27)4-7-20(18)19/h3-6,8,11-12,15,28,30H,7,9-10,14H2,1-2H3/b8-6+. The number of nitrogens with one attached hydrogen (secondary N) is 2. The van der Waals surface area contributed by atoms with Crippen molar-refractivity contribution >= 4 is 16.6 Å². The SMILES string of the molecule is COc1cc2[nH]c3c(c2cc1C)CCN=C3/C=C/C1=CNCC2=C1CC=C(C#N)C=C2. The number of aromatic amines is 1. The molecule has 0 saturated carbocycles. The van der Waals surface area contributed by atoms with Crippen LogP contribution >= 0.6 is 0 Å². The molecule has 0 fully saturated rings. The van der Waals surface area contributed by atoms with E-state index in [0.29, 0.717) is 5.57 Å². The van der Waals surface area contributed by atoms with Crippen molar-refractivity contribution in [1.29, 1.82) is 5.26 Å². The molecule has 5 nitrogen and oxygen atoms in total. The van der Waals surface area contributed by atoms with E-state index in [0.717, 1.165) is 59.7 Å². The summed E-state index contributed by atoms with van der Waals surface area (Å²) >= 11 is 0. The van der Waals surface area contributed by atoms with E-state index in [1.807, 2.05) is 12.2 Å². The number of nitriles is 1. The van der Waals surface area contributed by atoms with Gasteiger partial charge in [-0.2, -0.15) is 5.26 Å². The largest absolute Gasteiger partial charge is 0.496 e. The molecule has 3 aliphatic rings. The van der Waals surface area contributed by atoms with Crippen LogP contribution in [0.1, 0.15) is 23.2 Å². The molecule has 2 aromatic rings. The summed E-state index contributed by atoms with van der Waals surface area (Å²) in [6.07, 6.45) is 13.9. The Bertz CT molecular complexity index is 1310. The topological polar surface area (TPSA) is 73.2 Å². The highest BCUT2D eigenvalue weighted by molar-refractivity contribution is 6.12. The minimum Gasteiger partial charge on any atom is -0.496 e. The minimum absolute atomic E-state index is 0.711. The molecule has 154 valence electrons. The molecule has 3 heterocycles. The summed E-state index contributed by atoms with van der Waals surface area (Å²) < 4.78 is 5.50. The Balaban J connectivity index is 1.48. The zero-order valence-corrected chi connectivity index (χ0v) is 17.7. The molecule has 0 spiro atoms. The second kappa shape index (κ2) is 7.81. The Kier molecular flexibility index (Phi) is 4.83. The number of allylic oxidation sites excluding steroid dienone is 7. The lowest BCUT2D eigenvalue weighted by atomic mass is 9.94. The maximum Gasteiger partial charge on any atom is 0.123 e. The summed E-state index contributed by atoms with van der Waals surface area (Å²) in [5, 5.41) is 13.8. The number of benzene rings is 1. The normalized spacial score (nSPS) is 17.9. The second-order valence-corrected chi connectivity index (χ2v) is 7.99. The number of dihydropyridines is 1. The number of nitrogens with zero attached hydrogens (tertiary/aromatic N) is 2. The predicted molar refractivity (Wildman–Crippen MR) is 124 cm³/mol. The van der Waals surface area contributed by atoms with Gasteiger partial charge >= 0.3 is 0 Å². The second-order valence-electron chi connectivity index (χ2n) is 7.99. The Morgan fingerprint density at radius 2 is 2.13 bits per heavy atom. The number of rotatable bonds is 3. The van der Waals surface area contributed by atoms with Gasteiger partial charge in [-0.25, -0.2) is 0 Å². The average Bonchev–Trinajstić information content (AvgIpc) is 3.01. The van der Waals surface area contributed by atoms with Crippen LogP contribution in [-0.4, -0.2) is 30.9 Å². The van der Waals surface area contributed by atoms with Gasteiger partial charge < -0.3 is 15.0 Å². The van der Waals surface area contributed by atoms with Crippen LogP contribution in [0.4, 0.5) is 0 Å². The fraction of sp³-hybridized carbons (Fsp3) is 0.231. The first-order valence-electron chi connectivity index (χ1n) is 10.5. The summed E-state index contributed by atoms with van der Waals surface area (Å²) in [7, 11) is 1.71. The van der Waals surface area contributed by atoms with Crippen LogP contribution in [0.25, 0.3) is 10.9 Å². The maximum absolute atomic E-state index is 9.23. The lowest BCUT2D eigenvalue weighted by Gasteiger charge is -2.18. The number of aryl methyl sites for hydroxylation is 1. The number of hydrogen-bond donors (Lipinski definition) is 2. The van der Waals surface area contributed by atoms with Crippen molar-refractivity contribution in [2.45, 2.75) is 19.8 Å². The van der Waals surface area contributed by atoms with Crippen LogP contribution in [0.2, 0.25) is 0 Å². The highest BCUT2D eigenvalue weighted by Gasteiger charge is 2.20. The molecule has 0 bridgehead atoms. The molecule has 0 saturated heterocycles. The number of hydrogen-bond acceptors (Lipinski definition) is 4. The van der Waals surface area contributed by atoms with Crippen molar-refractivity contribution in [3.63, 3.8) is 0 Å². The van der Waals surface area contributed by atoms with Gasteiger partial charge in [0.15, 0.2) is 0 Å². The van der Waals surface area contributed by atoms with Crippen LogP contribution < -0.4 is 10.1 Å². The van der Waals surface area contributed by atoms with Gasteiger partial charge in [0, 0.05) is 41.8 Å². The van der Waals surface area contributed by atoms with Crippen LogP contribution in [0.15, 0.2) is 76.0 Å². The van der Waals surface area contributed by atoms with Gasteiger partial charge in [-0.15, -0.1) is 0 Å². The monoisotopic (exact) mass is 408 g/mol. The van der Waals surface area contributed by atoms with E-state index < -0.39 is 0 Å². The molecule has 0 radical (unpaired) electrons. The third-order valence-electron chi connectivity index (χ3n) is 6.15. The van der Waals surface area contributed by atoms with Gasteiger partial charge in [0.05, 0.1) is 24.6 Å². The van der Waals surface area contributed by atoms with Crippen molar-refractivity contribution in [2.24, 2.45) is 4.99 Å². The summed E-state index contributed by atoms with van der Waals surface area (Å²) in [4.78, 5) is 8.37. The van der Waals surface area contributed by atoms with Gasteiger partial charge in [-0.1, -0.05) is 18.2 Å². The third-order valence-corrected chi connectivity index (χ3v) is 6.15. The zero-order chi connectivity index (χ0) is 21.4.